The van der Waals surface area contributed by atoms with E-state index in [-0.39, 0.29) is 6.61 Å². The van der Waals surface area contributed by atoms with Gasteiger partial charge in [-0.2, -0.15) is 0 Å². The molecule has 0 aliphatic carbocycles. The van der Waals surface area contributed by atoms with Gasteiger partial charge in [0.25, 0.3) is 0 Å². The molecule has 0 radical (unpaired) electrons. The minimum absolute atomic E-state index is 0.0497. The van der Waals surface area contributed by atoms with E-state index in [4.69, 9.17) is 15.3 Å². The molecule has 10 heavy (non-hydrogen) atoms. The van der Waals surface area contributed by atoms with Gasteiger partial charge in [-0.15, -0.1) is 0 Å². The van der Waals surface area contributed by atoms with Crippen molar-refractivity contribution in [2.75, 3.05) is 6.61 Å². The van der Waals surface area contributed by atoms with Crippen LogP contribution < -0.4 is 0 Å². The summed E-state index contributed by atoms with van der Waals surface area (Å²) in [6.07, 6.45) is -2.99. The van der Waals surface area contributed by atoms with Gasteiger partial charge in [0.05, 0.1) is 17.5 Å². The third kappa shape index (κ3) is 1.49. The molecule has 4 nitrogen and oxygen atoms in total. The molecule has 0 saturated carbocycles. The highest BCUT2D eigenvalue weighted by molar-refractivity contribution is 9.09. The van der Waals surface area contributed by atoms with Crippen LogP contribution in [0.1, 0.15) is 0 Å². The number of aliphatic hydroxyl groups excluding tert-OH is 3. The first-order valence-electron chi connectivity index (χ1n) is 2.93. The monoisotopic (exact) mass is 212 g/mol. The Kier molecular flexibility index (Phi) is 2.65. The summed E-state index contributed by atoms with van der Waals surface area (Å²) in [5, 5.41) is 26.9. The summed E-state index contributed by atoms with van der Waals surface area (Å²) >= 11 is 3.02. The number of alkyl halides is 1. The molecule has 1 saturated heterocycles. The van der Waals surface area contributed by atoms with Crippen LogP contribution in [0, 0.1) is 0 Å². The van der Waals surface area contributed by atoms with E-state index in [1.165, 1.54) is 0 Å². The molecule has 0 amide bonds. The van der Waals surface area contributed by atoms with E-state index >= 15 is 0 Å². The number of hydrogen-bond acceptors (Lipinski definition) is 4. The molecule has 60 valence electrons. The standard InChI is InChI=1S/C5H9BrO4/c6-3-2(7)1-10-5(9)4(3)8/h2-5,7-9H,1H2/t2-,3+,4-,5+/m1/s1. The van der Waals surface area contributed by atoms with Gasteiger partial charge in [-0.25, -0.2) is 0 Å². The third-order valence-electron chi connectivity index (χ3n) is 1.42. The molecule has 0 aromatic heterocycles. The molecular weight excluding hydrogens is 204 g/mol. The Bertz CT molecular complexity index is 106. The first-order chi connectivity index (χ1) is 4.63. The molecule has 3 N–H and O–H groups in total. The maximum atomic E-state index is 9.03. The summed E-state index contributed by atoms with van der Waals surface area (Å²) in [6.45, 7) is 0.0497. The largest absolute Gasteiger partial charge is 0.389 e. The Balaban J connectivity index is 2.52. The highest BCUT2D eigenvalue weighted by Crippen LogP contribution is 2.20. The lowest BCUT2D eigenvalue weighted by molar-refractivity contribution is -0.207. The molecule has 0 bridgehead atoms. The maximum Gasteiger partial charge on any atom is 0.182 e. The van der Waals surface area contributed by atoms with E-state index in [2.05, 4.69) is 20.7 Å². The smallest absolute Gasteiger partial charge is 0.182 e. The highest BCUT2D eigenvalue weighted by atomic mass is 79.9. The van der Waals surface area contributed by atoms with Crippen molar-refractivity contribution in [1.29, 1.82) is 0 Å². The van der Waals surface area contributed by atoms with Crippen LogP contribution in [0.25, 0.3) is 0 Å². The van der Waals surface area contributed by atoms with Crippen molar-refractivity contribution in [2.24, 2.45) is 0 Å². The number of rotatable bonds is 0. The van der Waals surface area contributed by atoms with Crippen LogP contribution in [0.3, 0.4) is 0 Å². The molecule has 0 spiro atoms. The molecule has 0 unspecified atom stereocenters. The topological polar surface area (TPSA) is 69.9 Å². The normalized spacial score (nSPS) is 49.2. The molecule has 4 atom stereocenters. The van der Waals surface area contributed by atoms with Crippen LogP contribution in [0.15, 0.2) is 0 Å². The lowest BCUT2D eigenvalue weighted by Gasteiger charge is -2.31. The number of ether oxygens (including phenoxy) is 1. The predicted molar refractivity (Wildman–Crippen MR) is 36.7 cm³/mol. The molecule has 1 rings (SSSR count). The van der Waals surface area contributed by atoms with E-state index in [0.717, 1.165) is 0 Å². The Hall–Kier alpha value is 0.320. The Morgan fingerprint density at radius 2 is 1.90 bits per heavy atom. The van der Waals surface area contributed by atoms with E-state index in [1.54, 1.807) is 0 Å². The van der Waals surface area contributed by atoms with E-state index < -0.39 is 23.3 Å². The van der Waals surface area contributed by atoms with Crippen molar-refractivity contribution in [3.05, 3.63) is 0 Å². The number of aliphatic hydroxyl groups is 3. The van der Waals surface area contributed by atoms with Crippen LogP contribution in [0.4, 0.5) is 0 Å². The van der Waals surface area contributed by atoms with Gasteiger partial charge in [0, 0.05) is 0 Å². The summed E-state index contributed by atoms with van der Waals surface area (Å²) in [5.74, 6) is 0. The molecule has 5 heteroatoms. The van der Waals surface area contributed by atoms with Crippen molar-refractivity contribution in [1.82, 2.24) is 0 Å². The van der Waals surface area contributed by atoms with Crippen molar-refractivity contribution in [3.63, 3.8) is 0 Å². The lowest BCUT2D eigenvalue weighted by atomic mass is 10.1. The summed E-state index contributed by atoms with van der Waals surface area (Å²) < 4.78 is 4.60. The highest BCUT2D eigenvalue weighted by Gasteiger charge is 2.35. The zero-order valence-electron chi connectivity index (χ0n) is 5.14. The third-order valence-corrected chi connectivity index (χ3v) is 2.58. The second-order valence-electron chi connectivity index (χ2n) is 2.23. The summed E-state index contributed by atoms with van der Waals surface area (Å²) in [6, 6.07) is 0. The average molecular weight is 213 g/mol. The summed E-state index contributed by atoms with van der Waals surface area (Å²) in [4.78, 5) is -0.503. The van der Waals surface area contributed by atoms with Crippen LogP contribution in [-0.4, -0.2) is 45.3 Å². The van der Waals surface area contributed by atoms with Gasteiger partial charge in [-0.1, -0.05) is 15.9 Å². The maximum absolute atomic E-state index is 9.03. The van der Waals surface area contributed by atoms with Gasteiger partial charge >= 0.3 is 0 Å². The zero-order chi connectivity index (χ0) is 7.72. The Labute approximate surface area is 66.6 Å². The second-order valence-corrected chi connectivity index (χ2v) is 3.28. The Morgan fingerprint density at radius 3 is 2.40 bits per heavy atom. The quantitative estimate of drug-likeness (QED) is 0.443. The van der Waals surface area contributed by atoms with Gasteiger partial charge in [0.15, 0.2) is 6.29 Å². The van der Waals surface area contributed by atoms with Crippen LogP contribution in [0.2, 0.25) is 0 Å². The first-order valence-corrected chi connectivity index (χ1v) is 3.84. The van der Waals surface area contributed by atoms with Crippen LogP contribution in [0.5, 0.6) is 0 Å². The summed E-state index contributed by atoms with van der Waals surface area (Å²) in [5.41, 5.74) is 0. The molecule has 0 aromatic rings. The second kappa shape index (κ2) is 3.15. The summed E-state index contributed by atoms with van der Waals surface area (Å²) in [7, 11) is 0. The van der Waals surface area contributed by atoms with E-state index in [0.29, 0.717) is 0 Å². The molecular formula is C5H9BrO4. The Morgan fingerprint density at radius 1 is 1.30 bits per heavy atom. The van der Waals surface area contributed by atoms with Gasteiger partial charge in [0.1, 0.15) is 6.10 Å². The van der Waals surface area contributed by atoms with Crippen molar-refractivity contribution >= 4 is 15.9 Å². The molecule has 1 heterocycles. The molecule has 0 aromatic carbocycles. The van der Waals surface area contributed by atoms with Crippen molar-refractivity contribution < 1.29 is 20.1 Å². The fraction of sp³-hybridized carbons (Fsp3) is 1.00. The van der Waals surface area contributed by atoms with E-state index in [1.807, 2.05) is 0 Å². The SMILES string of the molecule is O[C@@H]1[C@@H](Br)[C@H](O)CO[C@@H]1O. The fourth-order valence-electron chi connectivity index (χ4n) is 0.773. The average Bonchev–Trinajstić information content (AvgIpc) is 1.93. The number of hydrogen-bond donors (Lipinski definition) is 3. The number of halogens is 1. The van der Waals surface area contributed by atoms with Crippen molar-refractivity contribution in [2.45, 2.75) is 23.3 Å². The minimum Gasteiger partial charge on any atom is -0.389 e. The zero-order valence-corrected chi connectivity index (χ0v) is 6.73. The van der Waals surface area contributed by atoms with Gasteiger partial charge in [-0.05, 0) is 0 Å². The molecule has 1 fully saturated rings. The van der Waals surface area contributed by atoms with Crippen LogP contribution in [-0.2, 0) is 4.74 Å². The van der Waals surface area contributed by atoms with Gasteiger partial charge < -0.3 is 20.1 Å². The molecule has 1 aliphatic heterocycles. The van der Waals surface area contributed by atoms with Crippen LogP contribution >= 0.6 is 15.9 Å². The first kappa shape index (κ1) is 8.42. The lowest BCUT2D eigenvalue weighted by Crippen LogP contribution is -2.49. The van der Waals surface area contributed by atoms with Gasteiger partial charge in [0.2, 0.25) is 0 Å². The van der Waals surface area contributed by atoms with Gasteiger partial charge in [-0.3, -0.25) is 0 Å². The van der Waals surface area contributed by atoms with E-state index in [9.17, 15) is 0 Å². The van der Waals surface area contributed by atoms with Crippen molar-refractivity contribution in [3.8, 4) is 0 Å². The molecule has 1 aliphatic rings. The minimum atomic E-state index is -1.19. The predicted octanol–water partition coefficient (Wildman–Crippen LogP) is -1.18. The fourth-order valence-corrected chi connectivity index (χ4v) is 1.19.